The fourth-order valence-electron chi connectivity index (χ4n) is 0.420. The molecular formula is C4H4N4O2. The van der Waals surface area contributed by atoms with Gasteiger partial charge in [-0.25, -0.2) is 9.78 Å². The van der Waals surface area contributed by atoms with E-state index in [1.165, 1.54) is 0 Å². The van der Waals surface area contributed by atoms with Crippen LogP contribution in [0.5, 0.6) is 0 Å². The van der Waals surface area contributed by atoms with Crippen molar-refractivity contribution in [2.75, 3.05) is 5.73 Å². The van der Waals surface area contributed by atoms with Gasteiger partial charge in [-0.1, -0.05) is 0 Å². The third-order valence-electron chi connectivity index (χ3n) is 0.794. The van der Waals surface area contributed by atoms with Crippen molar-refractivity contribution in [3.05, 3.63) is 11.9 Å². The number of nitrogen functional groups attached to an aromatic ring is 1. The Kier molecular flexibility index (Phi) is 1.44. The number of carboxylic acid groups (broad SMARTS) is 1. The van der Waals surface area contributed by atoms with E-state index in [1.54, 1.807) is 0 Å². The molecule has 0 saturated carbocycles. The molecule has 0 amide bonds. The largest absolute Gasteiger partial charge is 0.476 e. The molecule has 1 aromatic heterocycles. The molecule has 0 aromatic carbocycles. The van der Waals surface area contributed by atoms with Gasteiger partial charge in [0.25, 0.3) is 0 Å². The number of aromatic nitrogens is 3. The Labute approximate surface area is 55.7 Å². The molecule has 1 heterocycles. The summed E-state index contributed by atoms with van der Waals surface area (Å²) in [4.78, 5) is 13.5. The van der Waals surface area contributed by atoms with Crippen LogP contribution >= 0.6 is 0 Å². The van der Waals surface area contributed by atoms with Crippen molar-refractivity contribution in [1.82, 2.24) is 15.2 Å². The molecule has 10 heavy (non-hydrogen) atoms. The number of rotatable bonds is 1. The summed E-state index contributed by atoms with van der Waals surface area (Å²) >= 11 is 0. The van der Waals surface area contributed by atoms with E-state index in [0.717, 1.165) is 6.20 Å². The fourth-order valence-corrected chi connectivity index (χ4v) is 0.420. The van der Waals surface area contributed by atoms with Crippen LogP contribution in [-0.4, -0.2) is 26.3 Å². The van der Waals surface area contributed by atoms with E-state index in [4.69, 9.17) is 10.8 Å². The number of anilines is 1. The minimum Gasteiger partial charge on any atom is -0.476 e. The summed E-state index contributed by atoms with van der Waals surface area (Å²) in [6, 6.07) is 0. The Balaban J connectivity index is 3.07. The van der Waals surface area contributed by atoms with Crippen molar-refractivity contribution in [2.45, 2.75) is 0 Å². The Morgan fingerprint density at radius 2 is 2.40 bits per heavy atom. The van der Waals surface area contributed by atoms with E-state index in [0.29, 0.717) is 0 Å². The van der Waals surface area contributed by atoms with E-state index in [-0.39, 0.29) is 11.6 Å². The first-order valence-electron chi connectivity index (χ1n) is 2.38. The van der Waals surface area contributed by atoms with E-state index in [1.807, 2.05) is 0 Å². The van der Waals surface area contributed by atoms with Gasteiger partial charge in [0.15, 0.2) is 5.69 Å². The molecule has 0 aliphatic rings. The predicted octanol–water partition coefficient (Wildman–Crippen LogP) is -0.848. The van der Waals surface area contributed by atoms with Crippen LogP contribution < -0.4 is 5.73 Å². The third-order valence-corrected chi connectivity index (χ3v) is 0.794. The summed E-state index contributed by atoms with van der Waals surface area (Å²) in [5.41, 5.74) is 4.85. The summed E-state index contributed by atoms with van der Waals surface area (Å²) in [7, 11) is 0. The van der Waals surface area contributed by atoms with Gasteiger partial charge in [0, 0.05) is 0 Å². The first-order chi connectivity index (χ1) is 4.70. The minimum atomic E-state index is -1.17. The van der Waals surface area contributed by atoms with E-state index < -0.39 is 5.97 Å². The lowest BCUT2D eigenvalue weighted by Gasteiger charge is -1.90. The lowest BCUT2D eigenvalue weighted by Crippen LogP contribution is -2.05. The molecule has 1 rings (SSSR count). The maximum absolute atomic E-state index is 10.2. The monoisotopic (exact) mass is 140 g/mol. The summed E-state index contributed by atoms with van der Waals surface area (Å²) < 4.78 is 0. The van der Waals surface area contributed by atoms with E-state index >= 15 is 0 Å². The topological polar surface area (TPSA) is 102 Å². The maximum Gasteiger partial charge on any atom is 0.356 e. The molecule has 0 unspecified atom stereocenters. The molecule has 6 heteroatoms. The predicted molar refractivity (Wildman–Crippen MR) is 31.2 cm³/mol. The van der Waals surface area contributed by atoms with Crippen molar-refractivity contribution in [3.8, 4) is 0 Å². The molecule has 0 bridgehead atoms. The second kappa shape index (κ2) is 2.26. The van der Waals surface area contributed by atoms with Crippen LogP contribution in [0, 0.1) is 0 Å². The first kappa shape index (κ1) is 6.40. The second-order valence-corrected chi connectivity index (χ2v) is 1.50. The van der Waals surface area contributed by atoms with E-state index in [2.05, 4.69) is 15.2 Å². The van der Waals surface area contributed by atoms with Gasteiger partial charge in [0.05, 0.1) is 6.20 Å². The highest BCUT2D eigenvalue weighted by molar-refractivity contribution is 5.84. The van der Waals surface area contributed by atoms with Gasteiger partial charge in [-0.05, 0) is 0 Å². The van der Waals surface area contributed by atoms with Crippen LogP contribution in [-0.2, 0) is 0 Å². The summed E-state index contributed by atoms with van der Waals surface area (Å²) in [6.45, 7) is 0. The number of carboxylic acids is 1. The van der Waals surface area contributed by atoms with Gasteiger partial charge in [-0.2, -0.15) is 5.10 Å². The van der Waals surface area contributed by atoms with Crippen LogP contribution in [0.3, 0.4) is 0 Å². The highest BCUT2D eigenvalue weighted by Gasteiger charge is 2.04. The highest BCUT2D eigenvalue weighted by Crippen LogP contribution is 1.91. The first-order valence-corrected chi connectivity index (χ1v) is 2.38. The van der Waals surface area contributed by atoms with Crippen molar-refractivity contribution in [2.24, 2.45) is 0 Å². The number of hydrogen-bond donors (Lipinski definition) is 2. The van der Waals surface area contributed by atoms with Gasteiger partial charge in [-0.3, -0.25) is 0 Å². The second-order valence-electron chi connectivity index (χ2n) is 1.50. The van der Waals surface area contributed by atoms with Gasteiger partial charge >= 0.3 is 5.97 Å². The Bertz CT molecular complexity index is 261. The fraction of sp³-hybridized carbons (Fsp3) is 0. The third kappa shape index (κ3) is 1.16. The molecule has 0 spiro atoms. The van der Waals surface area contributed by atoms with E-state index in [9.17, 15) is 4.79 Å². The highest BCUT2D eigenvalue weighted by atomic mass is 16.4. The summed E-state index contributed by atoms with van der Waals surface area (Å²) in [5, 5.41) is 14.9. The summed E-state index contributed by atoms with van der Waals surface area (Å²) in [6.07, 6.45) is 1.03. The van der Waals surface area contributed by atoms with Crippen LogP contribution in [0.4, 0.5) is 5.95 Å². The molecule has 0 aliphatic carbocycles. The molecule has 0 radical (unpaired) electrons. The minimum absolute atomic E-state index is 0.139. The summed E-state index contributed by atoms with van der Waals surface area (Å²) in [5.74, 6) is -1.30. The van der Waals surface area contributed by atoms with Crippen LogP contribution in [0.1, 0.15) is 10.5 Å². The molecular weight excluding hydrogens is 136 g/mol. The quantitative estimate of drug-likeness (QED) is 0.526. The molecule has 0 saturated heterocycles. The average Bonchev–Trinajstić information content (AvgIpc) is 1.88. The normalized spacial score (nSPS) is 9.20. The van der Waals surface area contributed by atoms with Crippen LogP contribution in [0.15, 0.2) is 6.20 Å². The lowest BCUT2D eigenvalue weighted by atomic mass is 10.5. The molecule has 0 aliphatic heterocycles. The van der Waals surface area contributed by atoms with Gasteiger partial charge in [0.2, 0.25) is 5.95 Å². The molecule has 0 fully saturated rings. The molecule has 6 nitrogen and oxygen atoms in total. The lowest BCUT2D eigenvalue weighted by molar-refractivity contribution is 0.0690. The number of aromatic carboxylic acids is 1. The molecule has 1 aromatic rings. The maximum atomic E-state index is 10.2. The average molecular weight is 140 g/mol. The SMILES string of the molecule is Nc1nncc(C(=O)O)n1. The number of nitrogens with two attached hydrogens (primary N) is 1. The number of hydrogen-bond acceptors (Lipinski definition) is 5. The zero-order valence-electron chi connectivity index (χ0n) is 4.85. The van der Waals surface area contributed by atoms with Gasteiger partial charge < -0.3 is 10.8 Å². The van der Waals surface area contributed by atoms with Gasteiger partial charge in [-0.15, -0.1) is 5.10 Å². The zero-order valence-corrected chi connectivity index (χ0v) is 4.85. The zero-order chi connectivity index (χ0) is 7.56. The van der Waals surface area contributed by atoms with Crippen LogP contribution in [0.2, 0.25) is 0 Å². The number of carbonyl (C=O) groups is 1. The Hall–Kier alpha value is -1.72. The molecule has 0 atom stereocenters. The van der Waals surface area contributed by atoms with Crippen molar-refractivity contribution >= 4 is 11.9 Å². The van der Waals surface area contributed by atoms with Crippen molar-refractivity contribution in [3.63, 3.8) is 0 Å². The van der Waals surface area contributed by atoms with Gasteiger partial charge in [0.1, 0.15) is 0 Å². The van der Waals surface area contributed by atoms with Crippen molar-refractivity contribution in [1.29, 1.82) is 0 Å². The molecule has 3 N–H and O–H groups in total. The standard InChI is InChI=1S/C4H4N4O2/c5-4-7-2(3(9)10)1-6-8-4/h1H,(H,9,10)(H2,5,7,8). The molecule has 52 valence electrons. The smallest absolute Gasteiger partial charge is 0.356 e. The van der Waals surface area contributed by atoms with Crippen molar-refractivity contribution < 1.29 is 9.90 Å². The Morgan fingerprint density at radius 3 is 2.80 bits per heavy atom. The Morgan fingerprint density at radius 1 is 1.70 bits per heavy atom. The van der Waals surface area contributed by atoms with Crippen LogP contribution in [0.25, 0.3) is 0 Å². The number of nitrogens with zero attached hydrogens (tertiary/aromatic N) is 3.